The predicted octanol–water partition coefficient (Wildman–Crippen LogP) is 5.71. The number of halogens is 2. The van der Waals surface area contributed by atoms with E-state index < -0.39 is 5.97 Å². The maximum absolute atomic E-state index is 11.9. The molecule has 28 heavy (non-hydrogen) atoms. The van der Waals surface area contributed by atoms with Gasteiger partial charge in [-0.1, -0.05) is 19.9 Å². The number of hydrogen-bond donors (Lipinski definition) is 2. The number of carbonyl (C=O) groups is 2. The van der Waals surface area contributed by atoms with Crippen LogP contribution in [0.25, 0.3) is 0 Å². The SMILES string of the molecule is Cc1cc(COc2c(Br)cc(CCC(=O)O)cc2Br)cc(NC(=O)C(C)C)c1. The van der Waals surface area contributed by atoms with Crippen LogP contribution in [0.3, 0.4) is 0 Å². The zero-order valence-electron chi connectivity index (χ0n) is 16.0. The average Bonchev–Trinajstić information content (AvgIpc) is 2.58. The molecular formula is C21H23Br2NO4. The lowest BCUT2D eigenvalue weighted by atomic mass is 10.1. The molecule has 0 fully saturated rings. The zero-order valence-corrected chi connectivity index (χ0v) is 19.2. The number of carboxylic acids is 1. The van der Waals surface area contributed by atoms with Gasteiger partial charge in [-0.2, -0.15) is 0 Å². The molecule has 1 amide bonds. The smallest absolute Gasteiger partial charge is 0.303 e. The fraction of sp³-hybridized carbons (Fsp3) is 0.333. The molecule has 0 saturated carbocycles. The van der Waals surface area contributed by atoms with Gasteiger partial charge in [0.2, 0.25) is 5.91 Å². The van der Waals surface area contributed by atoms with E-state index in [0.29, 0.717) is 18.8 Å². The van der Waals surface area contributed by atoms with Gasteiger partial charge in [-0.25, -0.2) is 0 Å². The number of aliphatic carboxylic acids is 1. The molecule has 2 aromatic carbocycles. The van der Waals surface area contributed by atoms with Gasteiger partial charge in [-0.3, -0.25) is 9.59 Å². The fourth-order valence-electron chi connectivity index (χ4n) is 2.61. The van der Waals surface area contributed by atoms with Gasteiger partial charge in [0.1, 0.15) is 12.4 Å². The minimum atomic E-state index is -0.826. The second-order valence-corrected chi connectivity index (χ2v) is 8.63. The first kappa shape index (κ1) is 22.4. The van der Waals surface area contributed by atoms with Crippen molar-refractivity contribution in [2.45, 2.75) is 40.2 Å². The van der Waals surface area contributed by atoms with E-state index in [4.69, 9.17) is 9.84 Å². The Bertz CT molecular complexity index is 858. The molecular weight excluding hydrogens is 490 g/mol. The van der Waals surface area contributed by atoms with E-state index in [2.05, 4.69) is 37.2 Å². The highest BCUT2D eigenvalue weighted by Crippen LogP contribution is 2.36. The molecule has 0 saturated heterocycles. The number of anilines is 1. The van der Waals surface area contributed by atoms with E-state index in [9.17, 15) is 9.59 Å². The fourth-order valence-corrected chi connectivity index (χ4v) is 4.12. The molecule has 0 aliphatic heterocycles. The minimum Gasteiger partial charge on any atom is -0.487 e. The van der Waals surface area contributed by atoms with Gasteiger partial charge in [-0.05, 0) is 86.2 Å². The van der Waals surface area contributed by atoms with E-state index in [1.807, 2.05) is 51.1 Å². The normalized spacial score (nSPS) is 10.8. The summed E-state index contributed by atoms with van der Waals surface area (Å²) < 4.78 is 7.48. The van der Waals surface area contributed by atoms with Crippen LogP contribution in [0.15, 0.2) is 39.3 Å². The molecule has 0 radical (unpaired) electrons. The molecule has 0 heterocycles. The Morgan fingerprint density at radius 3 is 2.29 bits per heavy atom. The van der Waals surface area contributed by atoms with E-state index in [1.165, 1.54) is 0 Å². The highest BCUT2D eigenvalue weighted by atomic mass is 79.9. The number of amides is 1. The lowest BCUT2D eigenvalue weighted by Gasteiger charge is -2.14. The summed E-state index contributed by atoms with van der Waals surface area (Å²) in [7, 11) is 0. The van der Waals surface area contributed by atoms with E-state index in [-0.39, 0.29) is 18.2 Å². The van der Waals surface area contributed by atoms with Gasteiger partial charge < -0.3 is 15.2 Å². The lowest BCUT2D eigenvalue weighted by molar-refractivity contribution is -0.137. The number of hydrogen-bond acceptors (Lipinski definition) is 3. The molecule has 0 bridgehead atoms. The maximum atomic E-state index is 11.9. The van der Waals surface area contributed by atoms with Crippen molar-refractivity contribution in [3.63, 3.8) is 0 Å². The topological polar surface area (TPSA) is 75.6 Å². The quantitative estimate of drug-likeness (QED) is 0.475. The number of nitrogens with one attached hydrogen (secondary N) is 1. The zero-order chi connectivity index (χ0) is 20.8. The number of rotatable bonds is 8. The molecule has 0 atom stereocenters. The van der Waals surface area contributed by atoms with Crippen LogP contribution >= 0.6 is 31.9 Å². The number of ether oxygens (including phenoxy) is 1. The summed E-state index contributed by atoms with van der Waals surface area (Å²) in [6.07, 6.45) is 0.525. The van der Waals surface area contributed by atoms with Crippen LogP contribution in [0.1, 0.15) is 37.0 Å². The van der Waals surface area contributed by atoms with Crippen LogP contribution in [0.4, 0.5) is 5.69 Å². The Morgan fingerprint density at radius 2 is 1.71 bits per heavy atom. The van der Waals surface area contributed by atoms with E-state index >= 15 is 0 Å². The third-order valence-corrected chi connectivity index (χ3v) is 5.18. The lowest BCUT2D eigenvalue weighted by Crippen LogP contribution is -2.18. The van der Waals surface area contributed by atoms with Gasteiger partial charge in [-0.15, -0.1) is 0 Å². The second-order valence-electron chi connectivity index (χ2n) is 6.92. The molecule has 2 aromatic rings. The Hall–Kier alpha value is -1.86. The first-order valence-electron chi connectivity index (χ1n) is 8.89. The standard InChI is InChI=1S/C21H23Br2NO4/c1-12(2)21(27)24-16-7-13(3)6-15(8-16)11-28-20-17(22)9-14(10-18(20)23)4-5-19(25)26/h6-10,12H,4-5,11H2,1-3H3,(H,24,27)(H,25,26). The van der Waals surface area contributed by atoms with E-state index in [1.54, 1.807) is 0 Å². The summed E-state index contributed by atoms with van der Waals surface area (Å²) in [6.45, 7) is 6.00. The largest absolute Gasteiger partial charge is 0.487 e. The summed E-state index contributed by atoms with van der Waals surface area (Å²) in [5.74, 6) is -0.299. The molecule has 7 heteroatoms. The summed E-state index contributed by atoms with van der Waals surface area (Å²) in [5.41, 5.74) is 3.62. The monoisotopic (exact) mass is 511 g/mol. The minimum absolute atomic E-state index is 0.0279. The third-order valence-electron chi connectivity index (χ3n) is 4.00. The third kappa shape index (κ3) is 6.63. The number of aryl methyl sites for hydroxylation is 2. The van der Waals surface area contributed by atoms with Crippen LogP contribution in [0, 0.1) is 12.8 Å². The summed E-state index contributed by atoms with van der Waals surface area (Å²) in [4.78, 5) is 22.7. The van der Waals surface area contributed by atoms with Crippen molar-refractivity contribution in [1.82, 2.24) is 0 Å². The van der Waals surface area contributed by atoms with Gasteiger partial charge in [0.15, 0.2) is 0 Å². The van der Waals surface area contributed by atoms with Crippen molar-refractivity contribution >= 4 is 49.4 Å². The summed E-state index contributed by atoms with van der Waals surface area (Å²) in [6, 6.07) is 9.57. The second kappa shape index (κ2) is 10.1. The van der Waals surface area contributed by atoms with Crippen molar-refractivity contribution in [1.29, 1.82) is 0 Å². The number of carbonyl (C=O) groups excluding carboxylic acids is 1. The van der Waals surface area contributed by atoms with Crippen molar-refractivity contribution < 1.29 is 19.4 Å². The van der Waals surface area contributed by atoms with Crippen LogP contribution in [0.5, 0.6) is 5.75 Å². The molecule has 150 valence electrons. The average molecular weight is 513 g/mol. The van der Waals surface area contributed by atoms with Crippen molar-refractivity contribution in [2.75, 3.05) is 5.32 Å². The highest BCUT2D eigenvalue weighted by molar-refractivity contribution is 9.11. The Labute approximate surface area is 181 Å². The first-order valence-corrected chi connectivity index (χ1v) is 10.5. The predicted molar refractivity (Wildman–Crippen MR) is 117 cm³/mol. The molecule has 2 N–H and O–H groups in total. The van der Waals surface area contributed by atoms with Crippen LogP contribution in [-0.4, -0.2) is 17.0 Å². The van der Waals surface area contributed by atoms with Gasteiger partial charge in [0.25, 0.3) is 0 Å². The molecule has 0 aliphatic carbocycles. The van der Waals surface area contributed by atoms with Crippen molar-refractivity contribution in [3.05, 3.63) is 56.0 Å². The molecule has 0 aromatic heterocycles. The molecule has 5 nitrogen and oxygen atoms in total. The molecule has 0 spiro atoms. The number of benzene rings is 2. The van der Waals surface area contributed by atoms with E-state index in [0.717, 1.165) is 31.3 Å². The number of carboxylic acid groups (broad SMARTS) is 1. The Morgan fingerprint density at radius 1 is 1.07 bits per heavy atom. The molecule has 0 aliphatic rings. The molecule has 0 unspecified atom stereocenters. The Kier molecular flexibility index (Phi) is 8.07. The van der Waals surface area contributed by atoms with Crippen LogP contribution in [-0.2, 0) is 22.6 Å². The van der Waals surface area contributed by atoms with Gasteiger partial charge >= 0.3 is 5.97 Å². The van der Waals surface area contributed by atoms with Gasteiger partial charge in [0, 0.05) is 18.0 Å². The van der Waals surface area contributed by atoms with Gasteiger partial charge in [0.05, 0.1) is 8.95 Å². The van der Waals surface area contributed by atoms with Crippen LogP contribution in [0.2, 0.25) is 0 Å². The molecule has 2 rings (SSSR count). The first-order chi connectivity index (χ1) is 13.2. The van der Waals surface area contributed by atoms with Crippen LogP contribution < -0.4 is 10.1 Å². The van der Waals surface area contributed by atoms with Crippen molar-refractivity contribution in [2.24, 2.45) is 5.92 Å². The summed E-state index contributed by atoms with van der Waals surface area (Å²) in [5, 5.41) is 11.7. The Balaban J connectivity index is 2.12. The van der Waals surface area contributed by atoms with Crippen molar-refractivity contribution in [3.8, 4) is 5.75 Å². The highest BCUT2D eigenvalue weighted by Gasteiger charge is 2.12. The maximum Gasteiger partial charge on any atom is 0.303 e. The summed E-state index contributed by atoms with van der Waals surface area (Å²) >= 11 is 6.99.